The zero-order valence-electron chi connectivity index (χ0n) is 13.8. The van der Waals surface area contributed by atoms with Gasteiger partial charge >= 0.3 is 0 Å². The molecule has 0 amide bonds. The van der Waals surface area contributed by atoms with Crippen LogP contribution in [0.1, 0.15) is 5.56 Å². The van der Waals surface area contributed by atoms with Gasteiger partial charge in [-0.2, -0.15) is 0 Å². The topological polar surface area (TPSA) is 23.5 Å². The highest BCUT2D eigenvalue weighted by molar-refractivity contribution is 7.81. The summed E-state index contributed by atoms with van der Waals surface area (Å²) in [5.41, 5.74) is 3.98. The highest BCUT2D eigenvalue weighted by Crippen LogP contribution is 2.31. The van der Waals surface area contributed by atoms with E-state index < -0.39 is 0 Å². The highest BCUT2D eigenvalue weighted by atomic mass is 32.1. The minimum Gasteiger partial charge on any atom is -0.507 e. The van der Waals surface area contributed by atoms with Crippen LogP contribution in [0.15, 0.2) is 78.4 Å². The van der Waals surface area contributed by atoms with Crippen LogP contribution in [0, 0.1) is 0 Å². The minimum absolute atomic E-state index is 0.334. The van der Waals surface area contributed by atoms with E-state index in [1.165, 1.54) is 0 Å². The molecule has 0 spiro atoms. The maximum atomic E-state index is 10.6. The Kier molecular flexibility index (Phi) is 3.86. The maximum absolute atomic E-state index is 10.6. The third kappa shape index (κ3) is 2.83. The molecular formula is C22H17NOS. The first-order valence-electron chi connectivity index (χ1n) is 8.12. The molecule has 1 aliphatic heterocycles. The SMILES string of the molecule is CN1c2ccccc2C(O)=c2cc/c(=C\C=C3C=CC(=S)C=C3)cc21. The van der Waals surface area contributed by atoms with E-state index >= 15 is 0 Å². The standard InChI is InChI=1S/C22H17NOS/c1-23-20-5-3-2-4-18(20)22(24)19-13-10-16(14-21(19)23)7-6-15-8-11-17(25)12-9-15/h2-14,24H,1H3/b16-7+. The van der Waals surface area contributed by atoms with Gasteiger partial charge in [-0.15, -0.1) is 0 Å². The number of anilines is 2. The first-order valence-corrected chi connectivity index (χ1v) is 8.53. The average molecular weight is 343 g/mol. The van der Waals surface area contributed by atoms with Gasteiger partial charge in [-0.3, -0.25) is 0 Å². The number of hydrogen-bond acceptors (Lipinski definition) is 3. The van der Waals surface area contributed by atoms with E-state index in [4.69, 9.17) is 12.2 Å². The molecule has 0 radical (unpaired) electrons. The second-order valence-corrected chi connectivity index (χ2v) is 6.58. The lowest BCUT2D eigenvalue weighted by molar-refractivity contribution is 0.506. The van der Waals surface area contributed by atoms with Crippen molar-refractivity contribution >= 4 is 40.3 Å². The molecule has 1 heterocycles. The van der Waals surface area contributed by atoms with Crippen molar-refractivity contribution < 1.29 is 5.11 Å². The smallest absolute Gasteiger partial charge is 0.134 e. The molecule has 0 bridgehead atoms. The summed E-state index contributed by atoms with van der Waals surface area (Å²) in [7, 11) is 2.03. The first kappa shape index (κ1) is 15.6. The molecule has 0 saturated heterocycles. The Balaban J connectivity index is 1.82. The van der Waals surface area contributed by atoms with Gasteiger partial charge in [0.15, 0.2) is 0 Å². The molecule has 0 saturated carbocycles. The largest absolute Gasteiger partial charge is 0.507 e. The molecular weight excluding hydrogens is 326 g/mol. The van der Waals surface area contributed by atoms with Crippen LogP contribution in [-0.4, -0.2) is 17.0 Å². The zero-order valence-corrected chi connectivity index (χ0v) is 14.6. The molecule has 2 aromatic carbocycles. The van der Waals surface area contributed by atoms with Gasteiger partial charge in [-0.05, 0) is 47.2 Å². The summed E-state index contributed by atoms with van der Waals surface area (Å²) in [5, 5.41) is 12.6. The number of allylic oxidation sites excluding steroid dienone is 6. The summed E-state index contributed by atoms with van der Waals surface area (Å²) < 4.78 is 0. The normalized spacial score (nSPS) is 16.1. The van der Waals surface area contributed by atoms with Crippen molar-refractivity contribution in [1.82, 2.24) is 0 Å². The number of fused-ring (bicyclic) bond motifs is 2. The van der Waals surface area contributed by atoms with Crippen LogP contribution in [0.5, 0.6) is 0 Å². The number of aliphatic hydroxyl groups is 1. The average Bonchev–Trinajstić information content (AvgIpc) is 2.65. The van der Waals surface area contributed by atoms with Gasteiger partial charge in [0.25, 0.3) is 0 Å². The molecule has 1 N–H and O–H groups in total. The Labute approximate surface area is 152 Å². The lowest BCUT2D eigenvalue weighted by atomic mass is 10.0. The second-order valence-electron chi connectivity index (χ2n) is 6.10. The number of thiocarbonyl (C=S) groups is 1. The van der Waals surface area contributed by atoms with Crippen molar-refractivity contribution in [2.45, 2.75) is 0 Å². The summed E-state index contributed by atoms with van der Waals surface area (Å²) in [5.74, 6) is 0.334. The van der Waals surface area contributed by atoms with Gasteiger partial charge in [0.1, 0.15) is 5.76 Å². The van der Waals surface area contributed by atoms with Crippen LogP contribution in [0.2, 0.25) is 0 Å². The molecule has 4 rings (SSSR count). The number of benzene rings is 2. The van der Waals surface area contributed by atoms with E-state index in [1.54, 1.807) is 0 Å². The fourth-order valence-corrected chi connectivity index (χ4v) is 3.28. The Hall–Kier alpha value is -2.91. The van der Waals surface area contributed by atoms with Crippen LogP contribution in [0.25, 0.3) is 11.8 Å². The van der Waals surface area contributed by atoms with Crippen LogP contribution < -0.4 is 15.3 Å². The van der Waals surface area contributed by atoms with Gasteiger partial charge < -0.3 is 10.0 Å². The number of rotatable bonds is 1. The van der Waals surface area contributed by atoms with Crippen molar-refractivity contribution in [1.29, 1.82) is 0 Å². The molecule has 122 valence electrons. The number of aliphatic hydroxyl groups excluding tert-OH is 1. The summed E-state index contributed by atoms with van der Waals surface area (Å²) in [4.78, 5) is 2.96. The molecule has 3 heteroatoms. The molecule has 2 aromatic rings. The first-order chi connectivity index (χ1) is 12.1. The number of nitrogens with zero attached hydrogens (tertiary/aromatic N) is 1. The van der Waals surface area contributed by atoms with Gasteiger partial charge in [0.2, 0.25) is 0 Å². The summed E-state index contributed by atoms with van der Waals surface area (Å²) in [6.45, 7) is 0. The van der Waals surface area contributed by atoms with Gasteiger partial charge in [-0.25, -0.2) is 0 Å². The predicted octanol–water partition coefficient (Wildman–Crippen LogP) is 3.69. The van der Waals surface area contributed by atoms with Crippen LogP contribution >= 0.6 is 12.2 Å². The molecule has 0 fully saturated rings. The Morgan fingerprint density at radius 2 is 1.68 bits per heavy atom. The summed E-state index contributed by atoms with van der Waals surface area (Å²) in [6, 6.07) is 14.0. The maximum Gasteiger partial charge on any atom is 0.134 e. The van der Waals surface area contributed by atoms with E-state index in [0.717, 1.165) is 37.8 Å². The van der Waals surface area contributed by atoms with Crippen molar-refractivity contribution in [2.75, 3.05) is 11.9 Å². The molecule has 0 aromatic heterocycles. The molecule has 25 heavy (non-hydrogen) atoms. The molecule has 2 aliphatic rings. The van der Waals surface area contributed by atoms with Gasteiger partial charge in [0, 0.05) is 22.7 Å². The monoisotopic (exact) mass is 343 g/mol. The lowest BCUT2D eigenvalue weighted by Gasteiger charge is -2.27. The van der Waals surface area contributed by atoms with E-state index in [0.29, 0.717) is 5.76 Å². The lowest BCUT2D eigenvalue weighted by Crippen LogP contribution is -2.28. The fourth-order valence-electron chi connectivity index (χ4n) is 3.14. The Morgan fingerprint density at radius 3 is 2.48 bits per heavy atom. The van der Waals surface area contributed by atoms with Crippen molar-refractivity contribution in [3.8, 4) is 0 Å². The fraction of sp³-hybridized carbons (Fsp3) is 0.0455. The molecule has 2 nitrogen and oxygen atoms in total. The van der Waals surface area contributed by atoms with Gasteiger partial charge in [0.05, 0.1) is 11.4 Å². The third-order valence-corrected chi connectivity index (χ3v) is 4.78. The van der Waals surface area contributed by atoms with Crippen LogP contribution in [0.3, 0.4) is 0 Å². The van der Waals surface area contributed by atoms with Crippen molar-refractivity contribution in [3.63, 3.8) is 0 Å². The molecule has 0 atom stereocenters. The molecule has 1 aliphatic carbocycles. The zero-order chi connectivity index (χ0) is 17.4. The Bertz CT molecular complexity index is 1070. The minimum atomic E-state index is 0.334. The Morgan fingerprint density at radius 1 is 0.920 bits per heavy atom. The van der Waals surface area contributed by atoms with Gasteiger partial charge in [-0.1, -0.05) is 54.7 Å². The third-order valence-electron chi connectivity index (χ3n) is 4.51. The van der Waals surface area contributed by atoms with Crippen LogP contribution in [-0.2, 0) is 0 Å². The molecule has 0 unspecified atom stereocenters. The summed E-state index contributed by atoms with van der Waals surface area (Å²) >= 11 is 5.12. The second kappa shape index (κ2) is 6.19. The van der Waals surface area contributed by atoms with E-state index in [-0.39, 0.29) is 0 Å². The van der Waals surface area contributed by atoms with E-state index in [9.17, 15) is 5.11 Å². The van der Waals surface area contributed by atoms with E-state index in [2.05, 4.69) is 23.1 Å². The van der Waals surface area contributed by atoms with E-state index in [1.807, 2.05) is 67.7 Å². The number of hydrogen-bond donors (Lipinski definition) is 1. The highest BCUT2D eigenvalue weighted by Gasteiger charge is 2.19. The van der Waals surface area contributed by atoms with Crippen molar-refractivity contribution in [3.05, 3.63) is 94.4 Å². The van der Waals surface area contributed by atoms with Crippen LogP contribution in [0.4, 0.5) is 11.4 Å². The quantitative estimate of drug-likeness (QED) is 0.799. The predicted molar refractivity (Wildman–Crippen MR) is 109 cm³/mol. The number of para-hydroxylation sites is 1. The summed E-state index contributed by atoms with van der Waals surface area (Å²) in [6.07, 6.45) is 12.0. The van der Waals surface area contributed by atoms with Crippen molar-refractivity contribution in [2.24, 2.45) is 0 Å².